The highest BCUT2D eigenvalue weighted by atomic mass is 16.4. The molecule has 1 heterocycles. The predicted molar refractivity (Wildman–Crippen MR) is 77.4 cm³/mol. The summed E-state index contributed by atoms with van der Waals surface area (Å²) >= 11 is 0. The lowest BCUT2D eigenvalue weighted by molar-refractivity contribution is 0.102. The number of pyridine rings is 1. The smallest absolute Gasteiger partial charge is 0.274 e. The van der Waals surface area contributed by atoms with Crippen LogP contribution in [-0.2, 0) is 0 Å². The number of aryl methyl sites for hydroxylation is 1. The maximum Gasteiger partial charge on any atom is 0.274 e. The van der Waals surface area contributed by atoms with E-state index in [2.05, 4.69) is 15.5 Å². The molecule has 0 saturated heterocycles. The normalized spacial score (nSPS) is 11.2. The first-order valence-electron chi connectivity index (χ1n) is 6.15. The fourth-order valence-electron chi connectivity index (χ4n) is 1.82. The lowest BCUT2D eigenvalue weighted by Gasteiger charge is -2.10. The molecule has 0 saturated carbocycles. The van der Waals surface area contributed by atoms with Gasteiger partial charge in [-0.25, -0.2) is 4.98 Å². The summed E-state index contributed by atoms with van der Waals surface area (Å²) in [7, 11) is 0. The number of para-hydroxylation sites is 1. The molecule has 0 aliphatic carbocycles. The minimum absolute atomic E-state index is 0.299. The lowest BCUT2D eigenvalue weighted by Crippen LogP contribution is -2.16. The number of nitrogens with zero attached hydrogens (tertiary/aromatic N) is 2. The molecule has 0 aliphatic heterocycles. The van der Waals surface area contributed by atoms with E-state index in [1.165, 1.54) is 0 Å². The third kappa shape index (κ3) is 3.00. The van der Waals surface area contributed by atoms with Crippen molar-refractivity contribution in [3.8, 4) is 0 Å². The van der Waals surface area contributed by atoms with Crippen LogP contribution in [0.3, 0.4) is 0 Å². The molecule has 2 rings (SSSR count). The van der Waals surface area contributed by atoms with Gasteiger partial charge >= 0.3 is 0 Å². The van der Waals surface area contributed by atoms with E-state index >= 15 is 0 Å². The van der Waals surface area contributed by atoms with Crippen LogP contribution < -0.4 is 5.32 Å². The summed E-state index contributed by atoms with van der Waals surface area (Å²) in [5.74, 6) is -0.299. The molecule has 1 aromatic carbocycles. The lowest BCUT2D eigenvalue weighted by atomic mass is 10.1. The van der Waals surface area contributed by atoms with Crippen LogP contribution in [-0.4, -0.2) is 21.8 Å². The van der Waals surface area contributed by atoms with Crippen molar-refractivity contribution < 1.29 is 10.0 Å². The van der Waals surface area contributed by atoms with Crippen LogP contribution in [0, 0.1) is 6.92 Å². The Labute approximate surface area is 117 Å². The number of anilines is 1. The van der Waals surface area contributed by atoms with Crippen molar-refractivity contribution in [1.29, 1.82) is 0 Å². The Morgan fingerprint density at radius 3 is 2.65 bits per heavy atom. The van der Waals surface area contributed by atoms with E-state index in [-0.39, 0.29) is 5.91 Å². The molecule has 5 heteroatoms. The molecule has 0 spiro atoms. The van der Waals surface area contributed by atoms with Crippen LogP contribution in [0.4, 0.5) is 5.69 Å². The molecule has 1 amide bonds. The molecule has 0 aliphatic rings. The number of aromatic nitrogens is 1. The zero-order valence-corrected chi connectivity index (χ0v) is 11.3. The summed E-state index contributed by atoms with van der Waals surface area (Å²) in [6.07, 6.45) is 0. The van der Waals surface area contributed by atoms with Gasteiger partial charge in [0.2, 0.25) is 0 Å². The maximum atomic E-state index is 12.2. The van der Waals surface area contributed by atoms with Gasteiger partial charge in [0.1, 0.15) is 5.69 Å². The Morgan fingerprint density at radius 2 is 1.95 bits per heavy atom. The molecule has 0 radical (unpaired) electrons. The van der Waals surface area contributed by atoms with Crippen molar-refractivity contribution in [3.05, 3.63) is 59.4 Å². The number of amides is 1. The van der Waals surface area contributed by atoms with E-state index in [0.29, 0.717) is 22.7 Å². The largest absolute Gasteiger partial charge is 0.411 e. The minimum Gasteiger partial charge on any atom is -0.411 e. The van der Waals surface area contributed by atoms with Crippen molar-refractivity contribution in [1.82, 2.24) is 4.98 Å². The molecule has 20 heavy (non-hydrogen) atoms. The molecule has 0 bridgehead atoms. The third-order valence-corrected chi connectivity index (χ3v) is 2.84. The Hall–Kier alpha value is -2.69. The number of benzene rings is 1. The standard InChI is InChI=1S/C15H15N3O2/c1-10-6-5-9-14(16-10)15(19)17-13-8-4-3-7-12(13)11(2)18-20/h3-9,20H,1-2H3,(H,17,19)/b18-11+. The summed E-state index contributed by atoms with van der Waals surface area (Å²) in [5.41, 5.74) is 2.79. The second-order valence-electron chi connectivity index (χ2n) is 4.35. The molecular formula is C15H15N3O2. The number of nitrogens with one attached hydrogen (secondary N) is 1. The first kappa shape index (κ1) is 13.7. The maximum absolute atomic E-state index is 12.2. The molecule has 0 unspecified atom stereocenters. The van der Waals surface area contributed by atoms with Crippen molar-refractivity contribution in [2.75, 3.05) is 5.32 Å². The number of hydrogen-bond acceptors (Lipinski definition) is 4. The second kappa shape index (κ2) is 5.97. The van der Waals surface area contributed by atoms with Crippen LogP contribution >= 0.6 is 0 Å². The van der Waals surface area contributed by atoms with Crippen LogP contribution in [0.25, 0.3) is 0 Å². The average Bonchev–Trinajstić information content (AvgIpc) is 2.47. The highest BCUT2D eigenvalue weighted by molar-refractivity contribution is 6.09. The first-order valence-corrected chi connectivity index (χ1v) is 6.15. The molecule has 0 atom stereocenters. The van der Waals surface area contributed by atoms with E-state index in [1.54, 1.807) is 37.3 Å². The number of oxime groups is 1. The topological polar surface area (TPSA) is 74.6 Å². The fourth-order valence-corrected chi connectivity index (χ4v) is 1.82. The van der Waals surface area contributed by atoms with Crippen molar-refractivity contribution in [2.24, 2.45) is 5.16 Å². The third-order valence-electron chi connectivity index (χ3n) is 2.84. The van der Waals surface area contributed by atoms with E-state index in [1.807, 2.05) is 19.1 Å². The molecule has 5 nitrogen and oxygen atoms in total. The van der Waals surface area contributed by atoms with Gasteiger partial charge in [-0.2, -0.15) is 0 Å². The van der Waals surface area contributed by atoms with Crippen LogP contribution in [0.2, 0.25) is 0 Å². The summed E-state index contributed by atoms with van der Waals surface area (Å²) in [4.78, 5) is 16.3. The Morgan fingerprint density at radius 1 is 1.20 bits per heavy atom. The SMILES string of the molecule is C/C(=N\O)c1ccccc1NC(=O)c1cccc(C)n1. The monoisotopic (exact) mass is 269 g/mol. The summed E-state index contributed by atoms with van der Waals surface area (Å²) < 4.78 is 0. The van der Waals surface area contributed by atoms with Gasteiger partial charge in [0.25, 0.3) is 5.91 Å². The highest BCUT2D eigenvalue weighted by Gasteiger charge is 2.11. The zero-order chi connectivity index (χ0) is 14.5. The van der Waals surface area contributed by atoms with Crippen LogP contribution in [0.1, 0.15) is 28.7 Å². The van der Waals surface area contributed by atoms with Crippen molar-refractivity contribution >= 4 is 17.3 Å². The van der Waals surface area contributed by atoms with Gasteiger partial charge in [-0.1, -0.05) is 29.4 Å². The Bertz CT molecular complexity index is 666. The van der Waals surface area contributed by atoms with E-state index < -0.39 is 0 Å². The molecular weight excluding hydrogens is 254 g/mol. The number of carbonyl (C=O) groups is 1. The molecule has 1 aromatic heterocycles. The van der Waals surface area contributed by atoms with Crippen LogP contribution in [0.15, 0.2) is 47.6 Å². The number of hydrogen-bond donors (Lipinski definition) is 2. The van der Waals surface area contributed by atoms with Crippen molar-refractivity contribution in [2.45, 2.75) is 13.8 Å². The quantitative estimate of drug-likeness (QED) is 0.511. The highest BCUT2D eigenvalue weighted by Crippen LogP contribution is 2.17. The van der Waals surface area contributed by atoms with Gasteiger partial charge in [-0.15, -0.1) is 0 Å². The summed E-state index contributed by atoms with van der Waals surface area (Å²) in [6, 6.07) is 12.4. The predicted octanol–water partition coefficient (Wildman–Crippen LogP) is 2.84. The van der Waals surface area contributed by atoms with E-state index in [0.717, 1.165) is 5.69 Å². The van der Waals surface area contributed by atoms with Gasteiger partial charge in [-0.3, -0.25) is 4.79 Å². The second-order valence-corrected chi connectivity index (χ2v) is 4.35. The van der Waals surface area contributed by atoms with Crippen molar-refractivity contribution in [3.63, 3.8) is 0 Å². The minimum atomic E-state index is -0.299. The van der Waals surface area contributed by atoms with Crippen LogP contribution in [0.5, 0.6) is 0 Å². The zero-order valence-electron chi connectivity index (χ0n) is 11.3. The Kier molecular flexibility index (Phi) is 4.10. The Balaban J connectivity index is 2.29. The molecule has 102 valence electrons. The number of carbonyl (C=O) groups excluding carboxylic acids is 1. The van der Waals surface area contributed by atoms with Gasteiger partial charge in [-0.05, 0) is 32.0 Å². The molecule has 2 N–H and O–H groups in total. The molecule has 0 fully saturated rings. The van der Waals surface area contributed by atoms with E-state index in [9.17, 15) is 4.79 Å². The average molecular weight is 269 g/mol. The molecule has 2 aromatic rings. The van der Waals surface area contributed by atoms with Gasteiger partial charge < -0.3 is 10.5 Å². The fraction of sp³-hybridized carbons (Fsp3) is 0.133. The van der Waals surface area contributed by atoms with E-state index in [4.69, 9.17) is 5.21 Å². The summed E-state index contributed by atoms with van der Waals surface area (Å²) in [5, 5.41) is 14.8. The first-order chi connectivity index (χ1) is 9.61. The van der Waals surface area contributed by atoms with Gasteiger partial charge in [0.05, 0.1) is 11.4 Å². The summed E-state index contributed by atoms with van der Waals surface area (Å²) in [6.45, 7) is 3.49. The van der Waals surface area contributed by atoms with Gasteiger partial charge in [0, 0.05) is 11.3 Å². The number of rotatable bonds is 3. The van der Waals surface area contributed by atoms with Gasteiger partial charge in [0.15, 0.2) is 0 Å².